The van der Waals surface area contributed by atoms with Crippen molar-refractivity contribution in [2.24, 2.45) is 0 Å². The lowest BCUT2D eigenvalue weighted by Gasteiger charge is -2.24. The molecule has 0 saturated carbocycles. The first-order valence-electron chi connectivity index (χ1n) is 9.37. The van der Waals surface area contributed by atoms with Crippen molar-refractivity contribution in [2.75, 3.05) is 5.32 Å². The highest BCUT2D eigenvalue weighted by molar-refractivity contribution is 6.34. The number of aliphatic hydroxyl groups is 1. The summed E-state index contributed by atoms with van der Waals surface area (Å²) >= 11 is 6.27. The van der Waals surface area contributed by atoms with Crippen molar-refractivity contribution in [1.82, 2.24) is 5.32 Å². The molecule has 7 heteroatoms. The Labute approximate surface area is 176 Å². The minimum Gasteiger partial charge on any atom is -0.444 e. The summed E-state index contributed by atoms with van der Waals surface area (Å²) in [5, 5.41) is 16.3. The number of amides is 2. The number of carbonyl (C=O) groups is 2. The predicted octanol–water partition coefficient (Wildman–Crippen LogP) is 4.41. The number of anilines is 1. The Kier molecular flexibility index (Phi) is 7.65. The third-order valence-corrected chi connectivity index (χ3v) is 4.41. The first-order chi connectivity index (χ1) is 13.6. The zero-order valence-corrected chi connectivity index (χ0v) is 17.8. The fraction of sp³-hybridized carbons (Fsp3) is 0.364. The highest BCUT2D eigenvalue weighted by Crippen LogP contribution is 2.24. The van der Waals surface area contributed by atoms with E-state index in [0.29, 0.717) is 11.3 Å². The zero-order chi connectivity index (χ0) is 21.6. The van der Waals surface area contributed by atoms with E-state index in [9.17, 15) is 14.7 Å². The molecule has 0 aliphatic carbocycles. The van der Waals surface area contributed by atoms with E-state index < -0.39 is 23.8 Å². The third kappa shape index (κ3) is 7.07. The number of hydrogen-bond acceptors (Lipinski definition) is 4. The summed E-state index contributed by atoms with van der Waals surface area (Å²) in [6, 6.07) is 14.1. The Morgan fingerprint density at radius 1 is 1.10 bits per heavy atom. The van der Waals surface area contributed by atoms with E-state index >= 15 is 0 Å². The summed E-state index contributed by atoms with van der Waals surface area (Å²) in [4.78, 5) is 24.7. The highest BCUT2D eigenvalue weighted by Gasteiger charge is 2.24. The molecule has 6 nitrogen and oxygen atoms in total. The van der Waals surface area contributed by atoms with Crippen molar-refractivity contribution in [2.45, 2.75) is 51.9 Å². The molecule has 2 atom stereocenters. The van der Waals surface area contributed by atoms with E-state index in [0.717, 1.165) is 0 Å². The van der Waals surface area contributed by atoms with E-state index in [1.807, 2.05) is 39.0 Å². The number of alkyl carbamates (subject to hydrolysis) is 1. The third-order valence-electron chi connectivity index (χ3n) is 4.10. The molecule has 156 valence electrons. The lowest BCUT2D eigenvalue weighted by molar-refractivity contribution is 0.0109. The molecule has 2 aromatic rings. The minimum absolute atomic E-state index is 0.0993. The number of nitrogens with one attached hydrogen (secondary N) is 2. The molecule has 29 heavy (non-hydrogen) atoms. The van der Waals surface area contributed by atoms with Gasteiger partial charge < -0.3 is 20.5 Å². The molecule has 0 radical (unpaired) electrons. The summed E-state index contributed by atoms with van der Waals surface area (Å²) in [5.74, 6) is -0.372. The van der Waals surface area contributed by atoms with Gasteiger partial charge in [0.05, 0.1) is 16.7 Å². The Balaban J connectivity index is 2.11. The quantitative estimate of drug-likeness (QED) is 0.648. The van der Waals surface area contributed by atoms with Crippen LogP contribution in [-0.2, 0) is 11.2 Å². The number of benzene rings is 2. The van der Waals surface area contributed by atoms with Crippen LogP contribution in [0.3, 0.4) is 0 Å². The van der Waals surface area contributed by atoms with Gasteiger partial charge in [-0.15, -0.1) is 0 Å². The summed E-state index contributed by atoms with van der Waals surface area (Å²) in [6.07, 6.45) is -2.30. The van der Waals surface area contributed by atoms with Gasteiger partial charge in [-0.1, -0.05) is 41.9 Å². The largest absolute Gasteiger partial charge is 0.444 e. The summed E-state index contributed by atoms with van der Waals surface area (Å²) in [7, 11) is 0. The zero-order valence-electron chi connectivity index (χ0n) is 17.0. The second-order valence-electron chi connectivity index (χ2n) is 7.85. The van der Waals surface area contributed by atoms with Crippen LogP contribution in [0.25, 0.3) is 0 Å². The topological polar surface area (TPSA) is 87.7 Å². The second-order valence-corrected chi connectivity index (χ2v) is 8.26. The number of ether oxygens (including phenoxy) is 1. The first-order valence-corrected chi connectivity index (χ1v) is 9.75. The molecule has 2 amide bonds. The van der Waals surface area contributed by atoms with Gasteiger partial charge in [-0.25, -0.2) is 4.79 Å². The molecule has 2 aromatic carbocycles. The van der Waals surface area contributed by atoms with E-state index in [2.05, 4.69) is 10.6 Å². The average Bonchev–Trinajstić information content (AvgIpc) is 2.60. The van der Waals surface area contributed by atoms with Crippen LogP contribution in [0.5, 0.6) is 0 Å². The maximum absolute atomic E-state index is 12.8. The van der Waals surface area contributed by atoms with Crippen molar-refractivity contribution in [3.63, 3.8) is 0 Å². The Morgan fingerprint density at radius 2 is 1.76 bits per heavy atom. The predicted molar refractivity (Wildman–Crippen MR) is 114 cm³/mol. The van der Waals surface area contributed by atoms with Crippen molar-refractivity contribution in [3.05, 3.63) is 64.7 Å². The number of para-hydroxylation sites is 1. The van der Waals surface area contributed by atoms with Gasteiger partial charge in [0.2, 0.25) is 0 Å². The number of aliphatic hydroxyl groups excluding tert-OH is 1. The number of rotatable bonds is 6. The normalized spacial score (nSPS) is 13.3. The van der Waals surface area contributed by atoms with Crippen LogP contribution in [0.4, 0.5) is 10.5 Å². The van der Waals surface area contributed by atoms with E-state index in [4.69, 9.17) is 16.3 Å². The fourth-order valence-electron chi connectivity index (χ4n) is 2.68. The van der Waals surface area contributed by atoms with Crippen LogP contribution in [0.15, 0.2) is 48.5 Å². The van der Waals surface area contributed by atoms with Gasteiger partial charge in [0, 0.05) is 17.6 Å². The standard InChI is InChI=1S/C22H27ClN2O4/c1-14(29-21(28)25-22(2,3)4)18(26)13-15-9-8-12-17(23)19(15)20(27)24-16-10-6-5-7-11-16/h5-12,14,18,26H,13H2,1-4H3,(H,24,27)(H,25,28)/t14-,18-/m0/s1. The number of hydrogen-bond donors (Lipinski definition) is 3. The molecular formula is C22H27ClN2O4. The first kappa shape index (κ1) is 22.7. The van der Waals surface area contributed by atoms with Crippen LogP contribution in [0.2, 0.25) is 5.02 Å². The van der Waals surface area contributed by atoms with Crippen molar-refractivity contribution in [1.29, 1.82) is 0 Å². The summed E-state index contributed by atoms with van der Waals surface area (Å²) in [6.45, 7) is 7.10. The molecule has 3 N–H and O–H groups in total. The van der Waals surface area contributed by atoms with Crippen LogP contribution in [0.1, 0.15) is 43.6 Å². The number of carbonyl (C=O) groups excluding carboxylic acids is 2. The molecule has 0 unspecified atom stereocenters. The molecule has 0 aromatic heterocycles. The second kappa shape index (κ2) is 9.76. The van der Waals surface area contributed by atoms with Crippen LogP contribution in [-0.4, -0.2) is 34.9 Å². The van der Waals surface area contributed by atoms with Gasteiger partial charge in [0.15, 0.2) is 0 Å². The molecule has 0 fully saturated rings. The van der Waals surface area contributed by atoms with E-state index in [1.165, 1.54) is 0 Å². The van der Waals surface area contributed by atoms with Gasteiger partial charge >= 0.3 is 6.09 Å². The summed E-state index contributed by atoms with van der Waals surface area (Å²) in [5.41, 5.74) is 1.03. The van der Waals surface area contributed by atoms with Crippen LogP contribution in [0, 0.1) is 0 Å². The molecule has 0 saturated heterocycles. The van der Waals surface area contributed by atoms with Gasteiger partial charge in [0.25, 0.3) is 5.91 Å². The van der Waals surface area contributed by atoms with E-state index in [-0.39, 0.29) is 22.9 Å². The Bertz CT molecular complexity index is 850. The lowest BCUT2D eigenvalue weighted by Crippen LogP contribution is -2.43. The monoisotopic (exact) mass is 418 g/mol. The summed E-state index contributed by atoms with van der Waals surface area (Å²) < 4.78 is 5.25. The molecule has 0 bridgehead atoms. The van der Waals surface area contributed by atoms with Gasteiger partial charge in [-0.05, 0) is 51.5 Å². The molecule has 0 aliphatic heterocycles. The average molecular weight is 419 g/mol. The van der Waals surface area contributed by atoms with Gasteiger partial charge in [0.1, 0.15) is 6.10 Å². The molecule has 2 rings (SSSR count). The maximum atomic E-state index is 12.8. The van der Waals surface area contributed by atoms with Crippen molar-refractivity contribution >= 4 is 29.3 Å². The van der Waals surface area contributed by atoms with Crippen molar-refractivity contribution < 1.29 is 19.4 Å². The molecule has 0 heterocycles. The smallest absolute Gasteiger partial charge is 0.407 e. The maximum Gasteiger partial charge on any atom is 0.407 e. The minimum atomic E-state index is -1.01. The molecule has 0 aliphatic rings. The number of halogens is 1. The van der Waals surface area contributed by atoms with E-state index in [1.54, 1.807) is 37.3 Å². The van der Waals surface area contributed by atoms with Crippen molar-refractivity contribution in [3.8, 4) is 0 Å². The SMILES string of the molecule is C[C@H](OC(=O)NC(C)(C)C)[C@@H](O)Cc1cccc(Cl)c1C(=O)Nc1ccccc1. The van der Waals surface area contributed by atoms with Gasteiger partial charge in [-0.3, -0.25) is 4.79 Å². The highest BCUT2D eigenvalue weighted by atomic mass is 35.5. The van der Waals surface area contributed by atoms with Gasteiger partial charge in [-0.2, -0.15) is 0 Å². The lowest BCUT2D eigenvalue weighted by atomic mass is 9.98. The van der Waals surface area contributed by atoms with Crippen LogP contribution < -0.4 is 10.6 Å². The van der Waals surface area contributed by atoms with Crippen LogP contribution >= 0.6 is 11.6 Å². The Morgan fingerprint density at radius 3 is 2.38 bits per heavy atom. The molecule has 0 spiro atoms. The Hall–Kier alpha value is -2.57. The fourth-order valence-corrected chi connectivity index (χ4v) is 2.96. The molecular weight excluding hydrogens is 392 g/mol.